The van der Waals surface area contributed by atoms with E-state index in [2.05, 4.69) is 18.8 Å². The Labute approximate surface area is 120 Å². The van der Waals surface area contributed by atoms with Gasteiger partial charge >= 0.3 is 0 Å². The van der Waals surface area contributed by atoms with Crippen LogP contribution in [0.3, 0.4) is 0 Å². The summed E-state index contributed by atoms with van der Waals surface area (Å²) < 4.78 is 19.7. The van der Waals surface area contributed by atoms with Crippen LogP contribution >= 0.6 is 0 Å². The molecule has 0 aliphatic heterocycles. The Morgan fingerprint density at radius 3 is 2.70 bits per heavy atom. The Kier molecular flexibility index (Phi) is 5.58. The van der Waals surface area contributed by atoms with Gasteiger partial charge in [0.15, 0.2) is 0 Å². The van der Waals surface area contributed by atoms with Crippen molar-refractivity contribution in [3.63, 3.8) is 0 Å². The van der Waals surface area contributed by atoms with Crippen molar-refractivity contribution in [3.8, 4) is 11.8 Å². The quantitative estimate of drug-likeness (QED) is 0.859. The fourth-order valence-corrected chi connectivity index (χ4v) is 2.49. The maximum absolute atomic E-state index is 13.9. The molecule has 0 bridgehead atoms. The third kappa shape index (κ3) is 4.33. The van der Waals surface area contributed by atoms with Gasteiger partial charge in [-0.2, -0.15) is 0 Å². The molecule has 0 atom stereocenters. The minimum Gasteiger partial charge on any atom is -0.384 e. The first-order valence-electron chi connectivity index (χ1n) is 7.19. The van der Waals surface area contributed by atoms with Gasteiger partial charge in [-0.25, -0.2) is 4.39 Å². The zero-order chi connectivity index (χ0) is 14.4. The van der Waals surface area contributed by atoms with Crippen LogP contribution < -0.4 is 0 Å². The molecule has 20 heavy (non-hydrogen) atoms. The van der Waals surface area contributed by atoms with E-state index in [9.17, 15) is 4.39 Å². The van der Waals surface area contributed by atoms with Gasteiger partial charge in [-0.05, 0) is 43.7 Å². The van der Waals surface area contributed by atoms with Crippen LogP contribution in [0.15, 0.2) is 18.2 Å². The number of ether oxygens (including phenoxy) is 1. The van der Waals surface area contributed by atoms with Crippen LogP contribution in [0, 0.1) is 23.6 Å². The predicted octanol–water partition coefficient (Wildman–Crippen LogP) is 3.26. The molecular formula is C17H21FO2. The highest BCUT2D eigenvalue weighted by Crippen LogP contribution is 2.26. The molecule has 0 saturated heterocycles. The normalized spacial score (nSPS) is 22.1. The van der Waals surface area contributed by atoms with E-state index >= 15 is 0 Å². The number of benzene rings is 1. The van der Waals surface area contributed by atoms with Gasteiger partial charge in [0.25, 0.3) is 0 Å². The molecule has 1 saturated carbocycles. The van der Waals surface area contributed by atoms with Gasteiger partial charge in [0.05, 0.1) is 12.7 Å². The van der Waals surface area contributed by atoms with Crippen LogP contribution in [0.5, 0.6) is 0 Å². The van der Waals surface area contributed by atoms with Crippen molar-refractivity contribution in [3.05, 3.63) is 35.1 Å². The topological polar surface area (TPSA) is 29.5 Å². The molecule has 108 valence electrons. The van der Waals surface area contributed by atoms with Gasteiger partial charge in [-0.15, -0.1) is 0 Å². The molecular weight excluding hydrogens is 255 g/mol. The average Bonchev–Trinajstić information content (AvgIpc) is 2.46. The second-order valence-electron chi connectivity index (χ2n) is 5.46. The Balaban J connectivity index is 1.90. The van der Waals surface area contributed by atoms with Gasteiger partial charge in [0.2, 0.25) is 0 Å². The fourth-order valence-electron chi connectivity index (χ4n) is 2.49. The third-order valence-electron chi connectivity index (χ3n) is 3.80. The lowest BCUT2D eigenvalue weighted by atomic mass is 9.89. The minimum atomic E-state index is -0.293. The van der Waals surface area contributed by atoms with Crippen LogP contribution in [0.25, 0.3) is 0 Å². The number of hydrogen-bond acceptors (Lipinski definition) is 2. The summed E-state index contributed by atoms with van der Waals surface area (Å²) >= 11 is 0. The zero-order valence-electron chi connectivity index (χ0n) is 11.9. The summed E-state index contributed by atoms with van der Waals surface area (Å²) in [4.78, 5) is 0. The molecule has 2 rings (SSSR count). The van der Waals surface area contributed by atoms with Crippen LogP contribution in [0.4, 0.5) is 4.39 Å². The van der Waals surface area contributed by atoms with E-state index in [0.29, 0.717) is 17.7 Å². The van der Waals surface area contributed by atoms with Crippen LogP contribution in [-0.2, 0) is 11.3 Å². The first kappa shape index (κ1) is 15.0. The molecule has 0 unspecified atom stereocenters. The van der Waals surface area contributed by atoms with E-state index in [0.717, 1.165) is 18.8 Å². The Morgan fingerprint density at radius 1 is 1.30 bits per heavy atom. The first-order valence-corrected chi connectivity index (χ1v) is 7.19. The molecule has 1 N–H and O–H groups in total. The van der Waals surface area contributed by atoms with E-state index in [1.165, 1.54) is 18.9 Å². The SMILES string of the molecule is CC1CCC(OCc2ccc(C#CCO)cc2F)CC1. The van der Waals surface area contributed by atoms with Crippen molar-refractivity contribution < 1.29 is 14.2 Å². The van der Waals surface area contributed by atoms with Crippen molar-refractivity contribution in [1.29, 1.82) is 0 Å². The van der Waals surface area contributed by atoms with Crippen LogP contribution in [0.1, 0.15) is 43.7 Å². The predicted molar refractivity (Wildman–Crippen MR) is 76.6 cm³/mol. The second kappa shape index (κ2) is 7.42. The maximum Gasteiger partial charge on any atom is 0.129 e. The van der Waals surface area contributed by atoms with E-state index in [-0.39, 0.29) is 18.5 Å². The van der Waals surface area contributed by atoms with E-state index in [4.69, 9.17) is 9.84 Å². The van der Waals surface area contributed by atoms with Crippen molar-refractivity contribution in [2.75, 3.05) is 6.61 Å². The highest BCUT2D eigenvalue weighted by molar-refractivity contribution is 5.36. The Hall–Kier alpha value is -1.37. The van der Waals surface area contributed by atoms with Gasteiger partial charge in [0, 0.05) is 11.1 Å². The number of aliphatic hydroxyl groups excluding tert-OH is 1. The molecule has 1 aliphatic carbocycles. The Morgan fingerprint density at radius 2 is 2.05 bits per heavy atom. The first-order chi connectivity index (χ1) is 9.69. The highest BCUT2D eigenvalue weighted by Gasteiger charge is 2.18. The molecule has 0 amide bonds. The third-order valence-corrected chi connectivity index (χ3v) is 3.80. The lowest BCUT2D eigenvalue weighted by molar-refractivity contribution is 0.00759. The number of aliphatic hydroxyl groups is 1. The Bertz CT molecular complexity index is 493. The van der Waals surface area contributed by atoms with Crippen molar-refractivity contribution >= 4 is 0 Å². The van der Waals surface area contributed by atoms with Gasteiger partial charge in [-0.1, -0.05) is 24.8 Å². The van der Waals surface area contributed by atoms with Crippen LogP contribution in [0.2, 0.25) is 0 Å². The summed E-state index contributed by atoms with van der Waals surface area (Å²) in [5, 5.41) is 8.61. The molecule has 2 nitrogen and oxygen atoms in total. The lowest BCUT2D eigenvalue weighted by Crippen LogP contribution is -2.20. The smallest absolute Gasteiger partial charge is 0.129 e. The zero-order valence-corrected chi connectivity index (χ0v) is 11.9. The summed E-state index contributed by atoms with van der Waals surface area (Å²) in [6, 6.07) is 4.86. The molecule has 0 aromatic heterocycles. The molecule has 3 heteroatoms. The van der Waals surface area contributed by atoms with E-state index < -0.39 is 0 Å². The summed E-state index contributed by atoms with van der Waals surface area (Å²) in [6.07, 6.45) is 4.80. The van der Waals surface area contributed by atoms with Gasteiger partial charge in [0.1, 0.15) is 12.4 Å². The minimum absolute atomic E-state index is 0.216. The van der Waals surface area contributed by atoms with Gasteiger partial charge in [-0.3, -0.25) is 0 Å². The van der Waals surface area contributed by atoms with Gasteiger partial charge < -0.3 is 9.84 Å². The number of halogens is 1. The number of rotatable bonds is 3. The summed E-state index contributed by atoms with van der Waals surface area (Å²) in [5.41, 5.74) is 1.14. The summed E-state index contributed by atoms with van der Waals surface area (Å²) in [7, 11) is 0. The van der Waals surface area contributed by atoms with E-state index in [1.54, 1.807) is 12.1 Å². The van der Waals surface area contributed by atoms with Crippen molar-refractivity contribution in [2.24, 2.45) is 5.92 Å². The largest absolute Gasteiger partial charge is 0.384 e. The molecule has 0 heterocycles. The van der Waals surface area contributed by atoms with Crippen molar-refractivity contribution in [1.82, 2.24) is 0 Å². The lowest BCUT2D eigenvalue weighted by Gasteiger charge is -2.26. The standard InChI is InChI=1S/C17H21FO2/c1-13-4-8-16(9-5-13)20-12-15-7-6-14(3-2-10-19)11-17(15)18/h6-7,11,13,16,19H,4-5,8-10,12H2,1H3. The fraction of sp³-hybridized carbons (Fsp3) is 0.529. The second-order valence-corrected chi connectivity index (χ2v) is 5.46. The van der Waals surface area contributed by atoms with Crippen LogP contribution in [-0.4, -0.2) is 17.8 Å². The summed E-state index contributed by atoms with van der Waals surface area (Å²) in [5.74, 6) is 5.69. The molecule has 0 spiro atoms. The van der Waals surface area contributed by atoms with Crippen molar-refractivity contribution in [2.45, 2.75) is 45.3 Å². The summed E-state index contributed by atoms with van der Waals surface area (Å²) in [6.45, 7) is 2.37. The average molecular weight is 276 g/mol. The number of hydrogen-bond donors (Lipinski definition) is 1. The molecule has 1 fully saturated rings. The maximum atomic E-state index is 13.9. The monoisotopic (exact) mass is 276 g/mol. The molecule has 1 aliphatic rings. The van der Waals surface area contributed by atoms with E-state index in [1.807, 2.05) is 0 Å². The molecule has 0 radical (unpaired) electrons. The molecule has 1 aromatic carbocycles. The highest BCUT2D eigenvalue weighted by atomic mass is 19.1. The molecule has 1 aromatic rings.